The maximum Gasteiger partial charge on any atom is 0.122 e. The summed E-state index contributed by atoms with van der Waals surface area (Å²) in [6.45, 7) is 12.2. The summed E-state index contributed by atoms with van der Waals surface area (Å²) in [4.78, 5) is 0. The molecular formula is C17H27NO. The normalized spacial score (nSPS) is 18.2. The smallest absolute Gasteiger partial charge is 0.122 e. The van der Waals surface area contributed by atoms with Crippen molar-refractivity contribution in [2.45, 2.75) is 33.6 Å². The minimum absolute atomic E-state index is 0.510. The van der Waals surface area contributed by atoms with Crippen LogP contribution in [0.15, 0.2) is 24.3 Å². The zero-order valence-electron chi connectivity index (χ0n) is 12.6. The summed E-state index contributed by atoms with van der Waals surface area (Å²) in [5.41, 5.74) is 1.36. The lowest BCUT2D eigenvalue weighted by Crippen LogP contribution is -2.32. The van der Waals surface area contributed by atoms with Crippen LogP contribution in [0.4, 0.5) is 0 Å². The Labute approximate surface area is 117 Å². The van der Waals surface area contributed by atoms with Gasteiger partial charge in [-0.3, -0.25) is 0 Å². The molecular weight excluding hydrogens is 234 g/mol. The molecule has 106 valence electrons. The van der Waals surface area contributed by atoms with Crippen molar-refractivity contribution < 1.29 is 4.74 Å². The Balaban J connectivity index is 1.84. The number of rotatable bonds is 6. The fourth-order valence-corrected chi connectivity index (χ4v) is 3.06. The molecule has 2 heteroatoms. The summed E-state index contributed by atoms with van der Waals surface area (Å²) in [5, 5.41) is 3.65. The molecule has 19 heavy (non-hydrogen) atoms. The summed E-state index contributed by atoms with van der Waals surface area (Å²) < 4.78 is 5.72. The Hall–Kier alpha value is -1.02. The molecule has 0 aliphatic carbocycles. The van der Waals surface area contributed by atoms with Crippen molar-refractivity contribution in [3.63, 3.8) is 0 Å². The van der Waals surface area contributed by atoms with Gasteiger partial charge in [-0.2, -0.15) is 0 Å². The zero-order valence-corrected chi connectivity index (χ0v) is 12.6. The number of fused-ring (bicyclic) bond motifs is 1. The molecule has 0 amide bonds. The van der Waals surface area contributed by atoms with Gasteiger partial charge in [0.05, 0.1) is 6.61 Å². The summed E-state index contributed by atoms with van der Waals surface area (Å²) in [6, 6.07) is 8.41. The van der Waals surface area contributed by atoms with Gasteiger partial charge in [0.1, 0.15) is 5.75 Å². The maximum atomic E-state index is 5.72. The summed E-state index contributed by atoms with van der Waals surface area (Å²) >= 11 is 0. The fourth-order valence-electron chi connectivity index (χ4n) is 3.06. The van der Waals surface area contributed by atoms with E-state index >= 15 is 0 Å². The molecule has 0 radical (unpaired) electrons. The van der Waals surface area contributed by atoms with Gasteiger partial charge in [-0.05, 0) is 30.4 Å². The molecule has 1 N–H and O–H groups in total. The van der Waals surface area contributed by atoms with Crippen molar-refractivity contribution in [1.29, 1.82) is 0 Å². The summed E-state index contributed by atoms with van der Waals surface area (Å²) in [7, 11) is 0. The van der Waals surface area contributed by atoms with Gasteiger partial charge < -0.3 is 10.1 Å². The van der Waals surface area contributed by atoms with Crippen LogP contribution in [0, 0.1) is 17.8 Å². The molecule has 2 nitrogen and oxygen atoms in total. The Kier molecular flexibility index (Phi) is 4.87. The Morgan fingerprint density at radius 2 is 1.84 bits per heavy atom. The molecule has 0 bridgehead atoms. The molecule has 2 rings (SSSR count). The van der Waals surface area contributed by atoms with Crippen molar-refractivity contribution >= 4 is 0 Å². The third-order valence-electron chi connectivity index (χ3n) is 4.28. The van der Waals surface area contributed by atoms with E-state index in [4.69, 9.17) is 4.74 Å². The average Bonchev–Trinajstić information content (AvgIpc) is 2.77. The lowest BCUT2D eigenvalue weighted by atomic mass is 9.85. The molecule has 0 fully saturated rings. The van der Waals surface area contributed by atoms with Crippen LogP contribution in [0.1, 0.15) is 39.2 Å². The number of para-hydroxylation sites is 1. The van der Waals surface area contributed by atoms with Crippen molar-refractivity contribution in [2.24, 2.45) is 17.8 Å². The third kappa shape index (κ3) is 3.50. The average molecular weight is 261 g/mol. The molecule has 1 atom stereocenters. The van der Waals surface area contributed by atoms with Crippen LogP contribution < -0.4 is 10.1 Å². The minimum Gasteiger partial charge on any atom is -0.493 e. The van der Waals surface area contributed by atoms with E-state index in [1.54, 1.807) is 0 Å². The molecule has 1 aliphatic heterocycles. The highest BCUT2D eigenvalue weighted by Crippen LogP contribution is 2.32. The Bertz CT molecular complexity index is 392. The highest BCUT2D eigenvalue weighted by molar-refractivity contribution is 5.39. The van der Waals surface area contributed by atoms with Gasteiger partial charge in [-0.15, -0.1) is 0 Å². The standard InChI is InChI=1S/C17H27NO/c1-12(2)16(13(3)4)10-18-9-14-11-19-17-8-6-5-7-15(14)17/h5-8,12-14,16,18H,9-11H2,1-4H3. The second-order valence-corrected chi connectivity index (χ2v) is 6.36. The van der Waals surface area contributed by atoms with Crippen molar-refractivity contribution in [2.75, 3.05) is 19.7 Å². The lowest BCUT2D eigenvalue weighted by molar-refractivity contribution is 0.268. The van der Waals surface area contributed by atoms with E-state index in [0.29, 0.717) is 5.92 Å². The lowest BCUT2D eigenvalue weighted by Gasteiger charge is -2.25. The van der Waals surface area contributed by atoms with Crippen LogP contribution >= 0.6 is 0 Å². The van der Waals surface area contributed by atoms with E-state index < -0.39 is 0 Å². The number of hydrogen-bond donors (Lipinski definition) is 1. The van der Waals surface area contributed by atoms with E-state index in [9.17, 15) is 0 Å². The molecule has 1 heterocycles. The van der Waals surface area contributed by atoms with E-state index in [-0.39, 0.29) is 0 Å². The van der Waals surface area contributed by atoms with Gasteiger partial charge >= 0.3 is 0 Å². The van der Waals surface area contributed by atoms with Crippen molar-refractivity contribution in [3.05, 3.63) is 29.8 Å². The monoisotopic (exact) mass is 261 g/mol. The van der Waals surface area contributed by atoms with E-state index in [2.05, 4.69) is 51.2 Å². The predicted molar refractivity (Wildman–Crippen MR) is 80.7 cm³/mol. The molecule has 0 saturated carbocycles. The molecule has 1 aromatic carbocycles. The highest BCUT2D eigenvalue weighted by Gasteiger charge is 2.24. The van der Waals surface area contributed by atoms with Crippen LogP contribution in [0.3, 0.4) is 0 Å². The number of benzene rings is 1. The molecule has 0 aromatic heterocycles. The number of hydrogen-bond acceptors (Lipinski definition) is 2. The number of nitrogens with one attached hydrogen (secondary N) is 1. The first-order chi connectivity index (χ1) is 9.09. The molecule has 0 spiro atoms. The summed E-state index contributed by atoms with van der Waals surface area (Å²) in [6.07, 6.45) is 0. The quantitative estimate of drug-likeness (QED) is 0.843. The van der Waals surface area contributed by atoms with Crippen LogP contribution in [0.2, 0.25) is 0 Å². The molecule has 0 saturated heterocycles. The first-order valence-corrected chi connectivity index (χ1v) is 7.52. The predicted octanol–water partition coefficient (Wildman–Crippen LogP) is 3.68. The van der Waals surface area contributed by atoms with Gasteiger partial charge in [-0.1, -0.05) is 45.9 Å². The maximum absolute atomic E-state index is 5.72. The van der Waals surface area contributed by atoms with Crippen LogP contribution in [0.25, 0.3) is 0 Å². The van der Waals surface area contributed by atoms with Gasteiger partial charge in [0.2, 0.25) is 0 Å². The zero-order chi connectivity index (χ0) is 13.8. The second kappa shape index (κ2) is 6.42. The van der Waals surface area contributed by atoms with E-state index in [1.807, 2.05) is 6.07 Å². The first-order valence-electron chi connectivity index (χ1n) is 7.52. The molecule has 1 aromatic rings. The Morgan fingerprint density at radius 1 is 1.16 bits per heavy atom. The Morgan fingerprint density at radius 3 is 2.53 bits per heavy atom. The van der Waals surface area contributed by atoms with Crippen LogP contribution in [-0.2, 0) is 0 Å². The topological polar surface area (TPSA) is 21.3 Å². The van der Waals surface area contributed by atoms with Crippen molar-refractivity contribution in [3.8, 4) is 5.75 Å². The van der Waals surface area contributed by atoms with Crippen LogP contribution in [0.5, 0.6) is 5.75 Å². The van der Waals surface area contributed by atoms with Gasteiger partial charge in [0, 0.05) is 18.0 Å². The third-order valence-corrected chi connectivity index (χ3v) is 4.28. The van der Waals surface area contributed by atoms with Gasteiger partial charge in [0.25, 0.3) is 0 Å². The van der Waals surface area contributed by atoms with E-state index in [0.717, 1.165) is 43.2 Å². The van der Waals surface area contributed by atoms with E-state index in [1.165, 1.54) is 5.56 Å². The first kappa shape index (κ1) is 14.4. The van der Waals surface area contributed by atoms with Gasteiger partial charge in [-0.25, -0.2) is 0 Å². The van der Waals surface area contributed by atoms with Gasteiger partial charge in [0.15, 0.2) is 0 Å². The molecule has 1 aliphatic rings. The minimum atomic E-state index is 0.510. The SMILES string of the molecule is CC(C)C(CNCC1COc2ccccc21)C(C)C. The van der Waals surface area contributed by atoms with Crippen molar-refractivity contribution in [1.82, 2.24) is 5.32 Å². The second-order valence-electron chi connectivity index (χ2n) is 6.36. The van der Waals surface area contributed by atoms with Crippen LogP contribution in [-0.4, -0.2) is 19.7 Å². The molecule has 1 unspecified atom stereocenters. The largest absolute Gasteiger partial charge is 0.493 e. The summed E-state index contributed by atoms with van der Waals surface area (Å²) in [5.74, 6) is 3.80. The number of ether oxygens (including phenoxy) is 1. The highest BCUT2D eigenvalue weighted by atomic mass is 16.5. The fraction of sp³-hybridized carbons (Fsp3) is 0.647.